The summed E-state index contributed by atoms with van der Waals surface area (Å²) in [6.45, 7) is 4.97. The Hall–Kier alpha value is -4.40. The van der Waals surface area contributed by atoms with Crippen molar-refractivity contribution in [3.05, 3.63) is 71.4 Å². The van der Waals surface area contributed by atoms with Crippen LogP contribution in [0.5, 0.6) is 0 Å². The van der Waals surface area contributed by atoms with Crippen molar-refractivity contribution in [2.45, 2.75) is 13.3 Å². The van der Waals surface area contributed by atoms with Crippen LogP contribution in [0.3, 0.4) is 0 Å². The second kappa shape index (κ2) is 10.4. The Morgan fingerprint density at radius 1 is 1.10 bits per heavy atom. The standard InChI is InChI=1S/C28H26FN9S/c1-3-22-26(37(2)28-36-25(23(10-30)39-28)18-4-7-21(29)8-5-18)38-16-19(6-9-24(38)35-22)20-14-33-27(34-15-20)32-13-17-11-31-12-17/h4-9,14-17,31H,3,11-13H2,1-2H3,(H,32,33,34). The molecule has 0 unspecified atom stereocenters. The Labute approximate surface area is 229 Å². The fourth-order valence-corrected chi connectivity index (χ4v) is 5.41. The molecule has 0 bridgehead atoms. The first-order chi connectivity index (χ1) is 19.0. The molecule has 11 heteroatoms. The number of nitrogens with zero attached hydrogens (tertiary/aromatic N) is 7. The first-order valence-corrected chi connectivity index (χ1v) is 13.5. The second-order valence-corrected chi connectivity index (χ2v) is 10.4. The number of nitrogens with one attached hydrogen (secondary N) is 2. The molecule has 9 nitrogen and oxygen atoms in total. The molecule has 0 spiro atoms. The minimum Gasteiger partial charge on any atom is -0.354 e. The molecule has 0 radical (unpaired) electrons. The van der Waals surface area contributed by atoms with Crippen LogP contribution in [0.15, 0.2) is 55.0 Å². The maximum Gasteiger partial charge on any atom is 0.222 e. The van der Waals surface area contributed by atoms with E-state index in [0.717, 1.165) is 54.3 Å². The highest BCUT2D eigenvalue weighted by atomic mass is 32.1. The molecule has 0 amide bonds. The number of rotatable bonds is 8. The van der Waals surface area contributed by atoms with E-state index < -0.39 is 0 Å². The minimum absolute atomic E-state index is 0.332. The Morgan fingerprint density at radius 2 is 1.85 bits per heavy atom. The lowest BCUT2D eigenvalue weighted by Gasteiger charge is -2.26. The first-order valence-electron chi connectivity index (χ1n) is 12.7. The summed E-state index contributed by atoms with van der Waals surface area (Å²) in [5.74, 6) is 1.78. The molecule has 1 saturated heterocycles. The second-order valence-electron chi connectivity index (χ2n) is 9.43. The summed E-state index contributed by atoms with van der Waals surface area (Å²) < 4.78 is 15.5. The topological polar surface area (TPSA) is 107 Å². The average Bonchev–Trinajstić information content (AvgIpc) is 3.54. The van der Waals surface area contributed by atoms with Gasteiger partial charge in [0.1, 0.15) is 33.9 Å². The third kappa shape index (κ3) is 4.80. The van der Waals surface area contributed by atoms with Crippen LogP contribution < -0.4 is 15.5 Å². The van der Waals surface area contributed by atoms with Crippen molar-refractivity contribution in [3.8, 4) is 28.5 Å². The smallest absolute Gasteiger partial charge is 0.222 e. The SMILES string of the molecule is CCc1nc2ccc(-c3cnc(NCC4CNC4)nc3)cn2c1N(C)c1nc(-c2ccc(F)cc2)c(C#N)s1. The summed E-state index contributed by atoms with van der Waals surface area (Å²) in [5.41, 5.74) is 4.80. The number of nitriles is 1. The van der Waals surface area contributed by atoms with Crippen molar-refractivity contribution in [1.82, 2.24) is 29.7 Å². The molecule has 1 fully saturated rings. The van der Waals surface area contributed by atoms with Gasteiger partial charge in [0.15, 0.2) is 5.13 Å². The van der Waals surface area contributed by atoms with Crippen LogP contribution in [0.4, 0.5) is 21.3 Å². The van der Waals surface area contributed by atoms with Gasteiger partial charge in [-0.3, -0.25) is 4.40 Å². The quantitative estimate of drug-likeness (QED) is 0.287. The van der Waals surface area contributed by atoms with Crippen LogP contribution in [0.25, 0.3) is 28.0 Å². The van der Waals surface area contributed by atoms with Crippen LogP contribution in [-0.4, -0.2) is 51.0 Å². The molecule has 0 aliphatic carbocycles. The zero-order valence-electron chi connectivity index (χ0n) is 21.5. The Kier molecular flexibility index (Phi) is 6.64. The van der Waals surface area contributed by atoms with Gasteiger partial charge in [0.2, 0.25) is 5.95 Å². The van der Waals surface area contributed by atoms with E-state index in [0.29, 0.717) is 33.1 Å². The van der Waals surface area contributed by atoms with Gasteiger partial charge in [-0.1, -0.05) is 18.3 Å². The Bertz CT molecular complexity index is 1660. The van der Waals surface area contributed by atoms with E-state index in [1.165, 1.54) is 23.5 Å². The lowest BCUT2D eigenvalue weighted by atomic mass is 10.0. The summed E-state index contributed by atoms with van der Waals surface area (Å²) in [7, 11) is 1.92. The lowest BCUT2D eigenvalue weighted by Crippen LogP contribution is -2.45. The molecule has 1 aliphatic heterocycles. The fraction of sp³-hybridized carbons (Fsp3) is 0.250. The predicted octanol–water partition coefficient (Wildman–Crippen LogP) is 4.89. The minimum atomic E-state index is -0.332. The normalized spacial score (nSPS) is 13.3. The van der Waals surface area contributed by atoms with E-state index in [9.17, 15) is 9.65 Å². The molecule has 1 aliphatic rings. The molecule has 196 valence electrons. The van der Waals surface area contributed by atoms with E-state index >= 15 is 0 Å². The van der Waals surface area contributed by atoms with Gasteiger partial charge in [0, 0.05) is 67.9 Å². The summed E-state index contributed by atoms with van der Waals surface area (Å²) in [5, 5.41) is 17.0. The van der Waals surface area contributed by atoms with Gasteiger partial charge in [0.25, 0.3) is 0 Å². The van der Waals surface area contributed by atoms with Crippen molar-refractivity contribution in [2.75, 3.05) is 36.9 Å². The largest absolute Gasteiger partial charge is 0.354 e. The summed E-state index contributed by atoms with van der Waals surface area (Å²) >= 11 is 1.30. The monoisotopic (exact) mass is 539 g/mol. The van der Waals surface area contributed by atoms with E-state index in [1.54, 1.807) is 12.1 Å². The molecule has 5 heterocycles. The maximum atomic E-state index is 13.5. The van der Waals surface area contributed by atoms with Crippen molar-refractivity contribution >= 4 is 33.9 Å². The number of benzene rings is 1. The van der Waals surface area contributed by atoms with Crippen LogP contribution in [0, 0.1) is 23.1 Å². The summed E-state index contributed by atoms with van der Waals surface area (Å²) in [6, 6.07) is 12.3. The summed E-state index contributed by atoms with van der Waals surface area (Å²) in [4.78, 5) is 21.1. The molecular weight excluding hydrogens is 513 g/mol. The van der Waals surface area contributed by atoms with Crippen molar-refractivity contribution in [1.29, 1.82) is 5.26 Å². The highest BCUT2D eigenvalue weighted by Crippen LogP contribution is 2.37. The number of hydrogen-bond acceptors (Lipinski definition) is 9. The van der Waals surface area contributed by atoms with Gasteiger partial charge in [0.05, 0.1) is 5.69 Å². The van der Waals surface area contributed by atoms with E-state index in [2.05, 4.69) is 33.6 Å². The van der Waals surface area contributed by atoms with Gasteiger partial charge in [-0.25, -0.2) is 24.3 Å². The predicted molar refractivity (Wildman–Crippen MR) is 151 cm³/mol. The third-order valence-corrected chi connectivity index (χ3v) is 7.87. The van der Waals surface area contributed by atoms with Gasteiger partial charge in [-0.15, -0.1) is 0 Å². The van der Waals surface area contributed by atoms with Crippen molar-refractivity contribution < 1.29 is 4.39 Å². The highest BCUT2D eigenvalue weighted by molar-refractivity contribution is 7.16. The number of anilines is 3. The van der Waals surface area contributed by atoms with E-state index in [-0.39, 0.29) is 5.82 Å². The van der Waals surface area contributed by atoms with Gasteiger partial charge in [-0.05, 0) is 42.8 Å². The van der Waals surface area contributed by atoms with E-state index in [1.807, 2.05) is 47.1 Å². The number of thiazole rings is 1. The van der Waals surface area contributed by atoms with Gasteiger partial charge < -0.3 is 15.5 Å². The molecule has 4 aromatic heterocycles. The zero-order valence-corrected chi connectivity index (χ0v) is 22.3. The molecular formula is C28H26FN9S. The average molecular weight is 540 g/mol. The molecule has 2 N–H and O–H groups in total. The number of fused-ring (bicyclic) bond motifs is 1. The fourth-order valence-electron chi connectivity index (χ4n) is 4.56. The maximum absolute atomic E-state index is 13.5. The molecule has 0 saturated carbocycles. The number of pyridine rings is 1. The molecule has 0 atom stereocenters. The Balaban J connectivity index is 1.33. The van der Waals surface area contributed by atoms with Gasteiger partial charge >= 0.3 is 0 Å². The molecule has 1 aromatic carbocycles. The number of imidazole rings is 1. The number of aromatic nitrogens is 5. The highest BCUT2D eigenvalue weighted by Gasteiger charge is 2.22. The molecule has 5 aromatic rings. The van der Waals surface area contributed by atoms with Crippen LogP contribution in [-0.2, 0) is 6.42 Å². The van der Waals surface area contributed by atoms with Crippen molar-refractivity contribution in [3.63, 3.8) is 0 Å². The lowest BCUT2D eigenvalue weighted by molar-refractivity contribution is 0.365. The first kappa shape index (κ1) is 24.9. The zero-order chi connectivity index (χ0) is 26.9. The third-order valence-electron chi connectivity index (χ3n) is 6.84. The van der Waals surface area contributed by atoms with Gasteiger partial charge in [-0.2, -0.15) is 5.26 Å². The molecule has 39 heavy (non-hydrogen) atoms. The number of aryl methyl sites for hydroxylation is 1. The van der Waals surface area contributed by atoms with Crippen LogP contribution in [0.1, 0.15) is 17.5 Å². The number of hydrogen-bond donors (Lipinski definition) is 2. The van der Waals surface area contributed by atoms with E-state index in [4.69, 9.17) is 9.97 Å². The number of halogens is 1. The molecule has 6 rings (SSSR count). The summed E-state index contributed by atoms with van der Waals surface area (Å²) in [6.07, 6.45) is 6.40. The van der Waals surface area contributed by atoms with Crippen molar-refractivity contribution in [2.24, 2.45) is 5.92 Å². The Morgan fingerprint density at radius 3 is 2.51 bits per heavy atom. The van der Waals surface area contributed by atoms with Crippen LogP contribution in [0.2, 0.25) is 0 Å². The van der Waals surface area contributed by atoms with Crippen LogP contribution >= 0.6 is 11.3 Å².